The van der Waals surface area contributed by atoms with Gasteiger partial charge < -0.3 is 14.6 Å². The van der Waals surface area contributed by atoms with Gasteiger partial charge in [-0.2, -0.15) is 0 Å². The minimum absolute atomic E-state index is 0.243. The highest BCUT2D eigenvalue weighted by molar-refractivity contribution is 6.30. The predicted octanol–water partition coefficient (Wildman–Crippen LogP) is 3.20. The first-order valence-electron chi connectivity index (χ1n) is 5.77. The zero-order chi connectivity index (χ0) is 12.8. The maximum Gasteiger partial charge on any atom is 0.124 e. The van der Waals surface area contributed by atoms with Gasteiger partial charge in [-0.15, -0.1) is 0 Å². The first-order valence-corrected chi connectivity index (χ1v) is 6.14. The van der Waals surface area contributed by atoms with Gasteiger partial charge in [0.15, 0.2) is 0 Å². The van der Waals surface area contributed by atoms with E-state index < -0.39 is 6.10 Å². The van der Waals surface area contributed by atoms with Crippen LogP contribution >= 0.6 is 11.6 Å². The fraction of sp³-hybridized carbons (Fsp3) is 0.538. The van der Waals surface area contributed by atoms with Crippen LogP contribution in [0.1, 0.15) is 31.9 Å². The number of hydrogen-bond acceptors (Lipinski definition) is 3. The fourth-order valence-electron chi connectivity index (χ4n) is 1.78. The third-order valence-corrected chi connectivity index (χ3v) is 2.88. The molecule has 0 saturated heterocycles. The van der Waals surface area contributed by atoms with E-state index in [1.165, 1.54) is 0 Å². The van der Waals surface area contributed by atoms with Crippen LogP contribution in [-0.2, 0) is 4.74 Å². The lowest BCUT2D eigenvalue weighted by molar-refractivity contribution is -0.0363. The van der Waals surface area contributed by atoms with Crippen LogP contribution in [-0.4, -0.2) is 24.9 Å². The van der Waals surface area contributed by atoms with Crippen molar-refractivity contribution in [3.05, 3.63) is 28.8 Å². The van der Waals surface area contributed by atoms with Gasteiger partial charge in [0.2, 0.25) is 0 Å². The highest BCUT2D eigenvalue weighted by Gasteiger charge is 2.23. The van der Waals surface area contributed by atoms with E-state index in [4.69, 9.17) is 21.1 Å². The van der Waals surface area contributed by atoms with Gasteiger partial charge >= 0.3 is 0 Å². The SMILES string of the molecule is CCOC(CC)C(O)c1cc(Cl)ccc1OC. The summed E-state index contributed by atoms with van der Waals surface area (Å²) in [6.45, 7) is 4.45. The van der Waals surface area contributed by atoms with Crippen molar-refractivity contribution in [2.24, 2.45) is 0 Å². The summed E-state index contributed by atoms with van der Waals surface area (Å²) < 4.78 is 10.7. The quantitative estimate of drug-likeness (QED) is 0.852. The minimum Gasteiger partial charge on any atom is -0.496 e. The summed E-state index contributed by atoms with van der Waals surface area (Å²) in [4.78, 5) is 0. The topological polar surface area (TPSA) is 38.7 Å². The first kappa shape index (κ1) is 14.3. The van der Waals surface area contributed by atoms with Crippen molar-refractivity contribution in [2.45, 2.75) is 32.5 Å². The molecule has 0 amide bonds. The fourth-order valence-corrected chi connectivity index (χ4v) is 1.96. The average molecular weight is 259 g/mol. The summed E-state index contributed by atoms with van der Waals surface area (Å²) in [7, 11) is 1.57. The minimum atomic E-state index is -0.728. The number of methoxy groups -OCH3 is 1. The lowest BCUT2D eigenvalue weighted by Gasteiger charge is -2.23. The van der Waals surface area contributed by atoms with Crippen molar-refractivity contribution >= 4 is 11.6 Å². The molecule has 0 aromatic heterocycles. The Morgan fingerprint density at radius 1 is 1.35 bits per heavy atom. The molecule has 0 aliphatic heterocycles. The number of aliphatic hydroxyl groups is 1. The smallest absolute Gasteiger partial charge is 0.124 e. The number of halogens is 1. The summed E-state index contributed by atoms with van der Waals surface area (Å²) in [6.07, 6.45) is -0.244. The maximum atomic E-state index is 10.3. The van der Waals surface area contributed by atoms with Crippen LogP contribution in [0, 0.1) is 0 Å². The molecule has 4 heteroatoms. The number of hydrogen-bond donors (Lipinski definition) is 1. The number of aliphatic hydroxyl groups excluding tert-OH is 1. The molecule has 1 aromatic carbocycles. The lowest BCUT2D eigenvalue weighted by Crippen LogP contribution is -2.22. The van der Waals surface area contributed by atoms with Crippen LogP contribution < -0.4 is 4.74 Å². The van der Waals surface area contributed by atoms with Gasteiger partial charge in [0.05, 0.1) is 13.2 Å². The molecule has 17 heavy (non-hydrogen) atoms. The third-order valence-electron chi connectivity index (χ3n) is 2.65. The third kappa shape index (κ3) is 3.60. The van der Waals surface area contributed by atoms with E-state index >= 15 is 0 Å². The van der Waals surface area contributed by atoms with E-state index in [0.717, 1.165) is 6.42 Å². The zero-order valence-corrected chi connectivity index (χ0v) is 11.2. The van der Waals surface area contributed by atoms with Gasteiger partial charge in [-0.3, -0.25) is 0 Å². The molecular weight excluding hydrogens is 240 g/mol. The molecule has 0 bridgehead atoms. The standard InChI is InChI=1S/C13H19ClO3/c1-4-11(17-5-2)13(15)10-8-9(14)6-7-12(10)16-3/h6-8,11,13,15H,4-5H2,1-3H3. The van der Waals surface area contributed by atoms with Gasteiger partial charge in [0.25, 0.3) is 0 Å². The van der Waals surface area contributed by atoms with E-state index in [0.29, 0.717) is 22.9 Å². The molecule has 0 aliphatic rings. The number of ether oxygens (including phenoxy) is 2. The second-order valence-electron chi connectivity index (χ2n) is 3.73. The molecule has 0 saturated carbocycles. The summed E-state index contributed by atoms with van der Waals surface area (Å²) in [5, 5.41) is 10.9. The Morgan fingerprint density at radius 2 is 2.06 bits per heavy atom. The van der Waals surface area contributed by atoms with Gasteiger partial charge in [-0.25, -0.2) is 0 Å². The molecular formula is C13H19ClO3. The molecule has 0 fully saturated rings. The van der Waals surface area contributed by atoms with Crippen LogP contribution in [0.25, 0.3) is 0 Å². The van der Waals surface area contributed by atoms with Crippen LogP contribution in [0.5, 0.6) is 5.75 Å². The second kappa shape index (κ2) is 6.84. The van der Waals surface area contributed by atoms with Crippen molar-refractivity contribution in [3.8, 4) is 5.75 Å². The molecule has 0 heterocycles. The zero-order valence-electron chi connectivity index (χ0n) is 10.4. The van der Waals surface area contributed by atoms with Gasteiger partial charge in [0.1, 0.15) is 11.9 Å². The van der Waals surface area contributed by atoms with Gasteiger partial charge in [-0.1, -0.05) is 18.5 Å². The highest BCUT2D eigenvalue weighted by Crippen LogP contribution is 2.31. The van der Waals surface area contributed by atoms with E-state index in [9.17, 15) is 5.11 Å². The number of rotatable bonds is 6. The molecule has 0 radical (unpaired) electrons. The van der Waals surface area contributed by atoms with Crippen molar-refractivity contribution in [3.63, 3.8) is 0 Å². The van der Waals surface area contributed by atoms with Gasteiger partial charge in [0, 0.05) is 17.2 Å². The Bertz CT molecular complexity index is 355. The second-order valence-corrected chi connectivity index (χ2v) is 4.17. The molecule has 2 unspecified atom stereocenters. The highest BCUT2D eigenvalue weighted by atomic mass is 35.5. The summed E-state index contributed by atoms with van der Waals surface area (Å²) in [6, 6.07) is 5.20. The normalized spacial score (nSPS) is 14.4. The van der Waals surface area contributed by atoms with Crippen LogP contribution in [0.2, 0.25) is 5.02 Å². The molecule has 1 N–H and O–H groups in total. The molecule has 96 valence electrons. The Morgan fingerprint density at radius 3 is 2.59 bits per heavy atom. The first-order chi connectivity index (χ1) is 8.13. The average Bonchev–Trinajstić information content (AvgIpc) is 2.35. The molecule has 1 rings (SSSR count). The van der Waals surface area contributed by atoms with Crippen LogP contribution in [0.3, 0.4) is 0 Å². The molecule has 3 nitrogen and oxygen atoms in total. The monoisotopic (exact) mass is 258 g/mol. The predicted molar refractivity (Wildman–Crippen MR) is 68.7 cm³/mol. The molecule has 2 atom stereocenters. The van der Waals surface area contributed by atoms with Crippen molar-refractivity contribution < 1.29 is 14.6 Å². The van der Waals surface area contributed by atoms with Crippen molar-refractivity contribution in [1.82, 2.24) is 0 Å². The largest absolute Gasteiger partial charge is 0.496 e. The van der Waals surface area contributed by atoms with Gasteiger partial charge in [-0.05, 0) is 31.5 Å². The summed E-state index contributed by atoms with van der Waals surface area (Å²) in [5.74, 6) is 0.625. The van der Waals surface area contributed by atoms with Crippen molar-refractivity contribution in [1.29, 1.82) is 0 Å². The Labute approximate surface area is 107 Å². The van der Waals surface area contributed by atoms with Crippen molar-refractivity contribution in [2.75, 3.05) is 13.7 Å². The molecule has 1 aromatic rings. The van der Waals surface area contributed by atoms with E-state index in [1.807, 2.05) is 13.8 Å². The Hall–Kier alpha value is -0.770. The Balaban J connectivity index is 2.99. The Kier molecular flexibility index (Phi) is 5.75. The summed E-state index contributed by atoms with van der Waals surface area (Å²) in [5.41, 5.74) is 0.667. The number of benzene rings is 1. The maximum absolute atomic E-state index is 10.3. The molecule has 0 aliphatic carbocycles. The summed E-state index contributed by atoms with van der Waals surface area (Å²) >= 11 is 5.94. The molecule has 0 spiro atoms. The van der Waals surface area contributed by atoms with E-state index in [1.54, 1.807) is 25.3 Å². The van der Waals surface area contributed by atoms with Crippen LogP contribution in [0.4, 0.5) is 0 Å². The van der Waals surface area contributed by atoms with E-state index in [2.05, 4.69) is 0 Å². The van der Waals surface area contributed by atoms with E-state index in [-0.39, 0.29) is 6.10 Å². The lowest BCUT2D eigenvalue weighted by atomic mass is 10.0. The van der Waals surface area contributed by atoms with Crippen LogP contribution in [0.15, 0.2) is 18.2 Å².